The molecule has 33 heavy (non-hydrogen) atoms. The second-order valence-electron chi connectivity index (χ2n) is 6.84. The lowest BCUT2D eigenvalue weighted by Gasteiger charge is -2.14. The fourth-order valence-electron chi connectivity index (χ4n) is 2.99. The molecule has 9 heteroatoms. The molecule has 0 amide bonds. The van der Waals surface area contributed by atoms with Crippen LogP contribution in [-0.4, -0.2) is 27.5 Å². The van der Waals surface area contributed by atoms with Crippen LogP contribution < -0.4 is 24.4 Å². The molecule has 0 unspecified atom stereocenters. The summed E-state index contributed by atoms with van der Waals surface area (Å²) in [4.78, 5) is 0. The number of halogens is 3. The molecule has 3 rings (SSSR count). The van der Waals surface area contributed by atoms with Crippen molar-refractivity contribution in [3.8, 4) is 23.0 Å². The minimum Gasteiger partial charge on any atom is -0.493 e. The molecular formula is C24H23BrCl2N2O4. The number of nitrogens with zero attached hydrogens (tertiary/aromatic N) is 1. The molecule has 0 saturated carbocycles. The van der Waals surface area contributed by atoms with Crippen LogP contribution in [0.4, 0.5) is 0 Å². The summed E-state index contributed by atoms with van der Waals surface area (Å²) in [6.45, 7) is 0.795. The average molecular weight is 554 g/mol. The zero-order valence-corrected chi connectivity index (χ0v) is 21.4. The molecule has 0 atom stereocenters. The molecule has 0 aliphatic carbocycles. The van der Waals surface area contributed by atoms with Crippen LogP contribution in [0.25, 0.3) is 0 Å². The molecule has 0 fully saturated rings. The van der Waals surface area contributed by atoms with E-state index in [1.54, 1.807) is 39.7 Å². The Morgan fingerprint density at radius 3 is 2.36 bits per heavy atom. The maximum absolute atomic E-state index is 6.24. The van der Waals surface area contributed by atoms with Crippen LogP contribution >= 0.6 is 39.1 Å². The van der Waals surface area contributed by atoms with E-state index in [1.165, 1.54) is 0 Å². The summed E-state index contributed by atoms with van der Waals surface area (Å²) in [5.41, 5.74) is 5.68. The molecule has 0 saturated heterocycles. The third-order valence-electron chi connectivity index (χ3n) is 4.67. The van der Waals surface area contributed by atoms with Crippen LogP contribution in [0.1, 0.15) is 16.7 Å². The van der Waals surface area contributed by atoms with Crippen LogP contribution in [0.15, 0.2) is 58.1 Å². The summed E-state index contributed by atoms with van der Waals surface area (Å²) in [5.74, 6) is 2.49. The molecular weight excluding hydrogens is 531 g/mol. The quantitative estimate of drug-likeness (QED) is 0.230. The number of methoxy groups -OCH3 is 3. The monoisotopic (exact) mass is 552 g/mol. The van der Waals surface area contributed by atoms with Gasteiger partial charge in [0.25, 0.3) is 0 Å². The zero-order valence-electron chi connectivity index (χ0n) is 18.3. The molecule has 0 spiro atoms. The third-order valence-corrected chi connectivity index (χ3v) is 5.85. The summed E-state index contributed by atoms with van der Waals surface area (Å²) in [5, 5.41) is 5.42. The van der Waals surface area contributed by atoms with E-state index in [0.717, 1.165) is 21.2 Å². The first-order valence-corrected chi connectivity index (χ1v) is 11.4. The molecule has 1 N–H and O–H groups in total. The van der Waals surface area contributed by atoms with Crippen LogP contribution in [-0.2, 0) is 13.2 Å². The van der Waals surface area contributed by atoms with E-state index >= 15 is 0 Å². The van der Waals surface area contributed by atoms with E-state index in [-0.39, 0.29) is 6.61 Å². The summed E-state index contributed by atoms with van der Waals surface area (Å²) < 4.78 is 22.8. The van der Waals surface area contributed by atoms with Crippen molar-refractivity contribution in [2.24, 2.45) is 5.10 Å². The molecule has 6 nitrogen and oxygen atoms in total. The Kier molecular flexibility index (Phi) is 9.11. The number of hydrogen-bond donors (Lipinski definition) is 1. The van der Waals surface area contributed by atoms with E-state index in [2.05, 4.69) is 26.5 Å². The third kappa shape index (κ3) is 6.69. The van der Waals surface area contributed by atoms with Gasteiger partial charge in [-0.3, -0.25) is 0 Å². The number of hydrazone groups is 1. The van der Waals surface area contributed by atoms with E-state index in [9.17, 15) is 0 Å². The maximum Gasteiger partial charge on any atom is 0.175 e. The Balaban J connectivity index is 1.65. The largest absolute Gasteiger partial charge is 0.493 e. The molecule has 0 aliphatic rings. The van der Waals surface area contributed by atoms with Gasteiger partial charge in [-0.25, -0.2) is 0 Å². The summed E-state index contributed by atoms with van der Waals surface area (Å²) in [6, 6.07) is 14.7. The molecule has 0 bridgehead atoms. The second kappa shape index (κ2) is 12.0. The molecule has 3 aromatic carbocycles. The minimum absolute atomic E-state index is 0.269. The van der Waals surface area contributed by atoms with Crippen molar-refractivity contribution in [1.29, 1.82) is 0 Å². The predicted octanol–water partition coefficient (Wildman–Crippen LogP) is 6.48. The lowest BCUT2D eigenvalue weighted by atomic mass is 10.2. The van der Waals surface area contributed by atoms with Gasteiger partial charge in [-0.1, -0.05) is 35.3 Å². The van der Waals surface area contributed by atoms with Gasteiger partial charge in [0.05, 0.1) is 38.6 Å². The Morgan fingerprint density at radius 2 is 1.67 bits per heavy atom. The van der Waals surface area contributed by atoms with Crippen molar-refractivity contribution >= 4 is 45.3 Å². The van der Waals surface area contributed by atoms with Gasteiger partial charge in [-0.05, 0) is 63.5 Å². The first kappa shape index (κ1) is 25.0. The highest BCUT2D eigenvalue weighted by Crippen LogP contribution is 2.37. The number of nitrogens with one attached hydrogen (secondary N) is 1. The molecule has 0 heterocycles. The van der Waals surface area contributed by atoms with Gasteiger partial charge in [-0.2, -0.15) is 5.10 Å². The average Bonchev–Trinajstić information content (AvgIpc) is 2.81. The van der Waals surface area contributed by atoms with E-state index in [1.807, 2.05) is 36.4 Å². The standard InChI is InChI=1S/C24H23BrCl2N2O4/c1-30-21-7-4-15(9-22(21)31-2)12-28-29-13-16-8-19(25)24(23(10-16)32-3)33-14-17-5-6-18(26)11-20(17)27/h4-11,13,28H,12,14H2,1-3H3/b29-13+. The van der Waals surface area contributed by atoms with E-state index < -0.39 is 0 Å². The highest BCUT2D eigenvalue weighted by molar-refractivity contribution is 9.10. The van der Waals surface area contributed by atoms with E-state index in [0.29, 0.717) is 39.6 Å². The first-order valence-electron chi connectivity index (χ1n) is 9.86. The lowest BCUT2D eigenvalue weighted by molar-refractivity contribution is 0.282. The summed E-state index contributed by atoms with van der Waals surface area (Å²) >= 11 is 15.7. The summed E-state index contributed by atoms with van der Waals surface area (Å²) in [6.07, 6.45) is 1.70. The molecule has 3 aromatic rings. The van der Waals surface area contributed by atoms with Gasteiger partial charge in [-0.15, -0.1) is 0 Å². The highest BCUT2D eigenvalue weighted by atomic mass is 79.9. The van der Waals surface area contributed by atoms with Crippen molar-refractivity contribution in [2.75, 3.05) is 21.3 Å². The van der Waals surface area contributed by atoms with Gasteiger partial charge in [0.1, 0.15) is 6.61 Å². The number of hydrogen-bond acceptors (Lipinski definition) is 6. The molecule has 0 radical (unpaired) electrons. The van der Waals surface area contributed by atoms with Gasteiger partial charge < -0.3 is 24.4 Å². The normalized spacial score (nSPS) is 10.8. The first-order chi connectivity index (χ1) is 15.9. The Hall–Kier alpha value is -2.61. The smallest absolute Gasteiger partial charge is 0.175 e. The van der Waals surface area contributed by atoms with E-state index in [4.69, 9.17) is 42.1 Å². The Labute approximate surface area is 211 Å². The number of rotatable bonds is 10. The van der Waals surface area contributed by atoms with Crippen LogP contribution in [0.2, 0.25) is 10.0 Å². The maximum atomic E-state index is 6.24. The highest BCUT2D eigenvalue weighted by Gasteiger charge is 2.13. The Bertz CT molecular complexity index is 1140. The SMILES string of the molecule is COc1ccc(CN/N=C/c2cc(Br)c(OCc3ccc(Cl)cc3Cl)c(OC)c2)cc1OC. The van der Waals surface area contributed by atoms with Gasteiger partial charge in [0.15, 0.2) is 23.0 Å². The number of ether oxygens (including phenoxy) is 4. The van der Waals surface area contributed by atoms with Gasteiger partial charge in [0.2, 0.25) is 0 Å². The van der Waals surface area contributed by atoms with Gasteiger partial charge in [0, 0.05) is 15.6 Å². The fraction of sp³-hybridized carbons (Fsp3) is 0.208. The zero-order chi connectivity index (χ0) is 23.8. The molecule has 0 aliphatic heterocycles. The number of benzene rings is 3. The van der Waals surface area contributed by atoms with Crippen molar-refractivity contribution in [3.63, 3.8) is 0 Å². The molecule has 174 valence electrons. The summed E-state index contributed by atoms with van der Waals surface area (Å²) in [7, 11) is 4.80. The van der Waals surface area contributed by atoms with Crippen molar-refractivity contribution in [2.45, 2.75) is 13.2 Å². The fourth-order valence-corrected chi connectivity index (χ4v) is 4.03. The van der Waals surface area contributed by atoms with Crippen LogP contribution in [0.3, 0.4) is 0 Å². The topological polar surface area (TPSA) is 61.3 Å². The van der Waals surface area contributed by atoms with Gasteiger partial charge >= 0.3 is 0 Å². The second-order valence-corrected chi connectivity index (χ2v) is 8.54. The minimum atomic E-state index is 0.269. The van der Waals surface area contributed by atoms with Crippen LogP contribution in [0, 0.1) is 0 Å². The Morgan fingerprint density at radius 1 is 0.909 bits per heavy atom. The van der Waals surface area contributed by atoms with Crippen molar-refractivity contribution in [3.05, 3.63) is 79.7 Å². The lowest BCUT2D eigenvalue weighted by Crippen LogP contribution is -2.06. The van der Waals surface area contributed by atoms with Crippen molar-refractivity contribution in [1.82, 2.24) is 5.43 Å². The molecule has 0 aromatic heterocycles. The predicted molar refractivity (Wildman–Crippen MR) is 135 cm³/mol. The van der Waals surface area contributed by atoms with Crippen LogP contribution in [0.5, 0.6) is 23.0 Å². The van der Waals surface area contributed by atoms with Crippen molar-refractivity contribution < 1.29 is 18.9 Å².